The molecule has 0 radical (unpaired) electrons. The Kier molecular flexibility index (Phi) is 6.94. The molecule has 7 heteroatoms. The van der Waals surface area contributed by atoms with Crippen molar-refractivity contribution in [1.82, 2.24) is 30.1 Å². The molecular formula is C24H31N7. The minimum Gasteiger partial charge on any atom is -0.355 e. The maximum atomic E-state index is 4.56. The minimum absolute atomic E-state index is 0.526. The Morgan fingerprint density at radius 2 is 1.97 bits per heavy atom. The van der Waals surface area contributed by atoms with Crippen LogP contribution in [0.15, 0.2) is 66.0 Å². The van der Waals surface area contributed by atoms with Gasteiger partial charge in [0.15, 0.2) is 5.96 Å². The number of aryl methyl sites for hydroxylation is 1. The van der Waals surface area contributed by atoms with Crippen molar-refractivity contribution >= 4 is 5.96 Å². The van der Waals surface area contributed by atoms with Crippen LogP contribution in [0.5, 0.6) is 0 Å². The molecule has 162 valence electrons. The summed E-state index contributed by atoms with van der Waals surface area (Å²) in [5.41, 5.74) is 2.48. The quantitative estimate of drug-likeness (QED) is 0.457. The van der Waals surface area contributed by atoms with Gasteiger partial charge in [-0.25, -0.2) is 9.97 Å². The number of benzene rings is 1. The smallest absolute Gasteiger partial charge is 0.191 e. The van der Waals surface area contributed by atoms with Crippen molar-refractivity contribution in [3.8, 4) is 5.82 Å². The molecule has 1 aromatic carbocycles. The molecule has 0 amide bonds. The number of aliphatic imine (C=N–C) groups is 1. The third-order valence-electron chi connectivity index (χ3n) is 5.80. The van der Waals surface area contributed by atoms with E-state index < -0.39 is 0 Å². The Bertz CT molecular complexity index is 979. The molecule has 1 aliphatic rings. The van der Waals surface area contributed by atoms with Crippen LogP contribution in [-0.4, -0.2) is 51.6 Å². The fourth-order valence-corrected chi connectivity index (χ4v) is 4.06. The Morgan fingerprint density at radius 3 is 2.68 bits per heavy atom. The van der Waals surface area contributed by atoms with Gasteiger partial charge in [-0.15, -0.1) is 0 Å². The largest absolute Gasteiger partial charge is 0.355 e. The van der Waals surface area contributed by atoms with E-state index in [4.69, 9.17) is 0 Å². The molecule has 3 heterocycles. The van der Waals surface area contributed by atoms with Gasteiger partial charge < -0.3 is 10.6 Å². The van der Waals surface area contributed by atoms with Crippen molar-refractivity contribution in [2.75, 3.05) is 20.1 Å². The lowest BCUT2D eigenvalue weighted by molar-refractivity contribution is 0.245. The highest BCUT2D eigenvalue weighted by atomic mass is 15.2. The van der Waals surface area contributed by atoms with E-state index in [0.717, 1.165) is 42.8 Å². The lowest BCUT2D eigenvalue weighted by atomic mass is 10.2. The van der Waals surface area contributed by atoms with Gasteiger partial charge in [-0.2, -0.15) is 0 Å². The third-order valence-corrected chi connectivity index (χ3v) is 5.80. The van der Waals surface area contributed by atoms with Gasteiger partial charge in [0.05, 0.1) is 0 Å². The molecular weight excluding hydrogens is 386 g/mol. The average Bonchev–Trinajstić information content (AvgIpc) is 3.43. The first-order valence-electron chi connectivity index (χ1n) is 10.9. The number of aromatic nitrogens is 3. The molecule has 1 fully saturated rings. The molecule has 0 bridgehead atoms. The zero-order valence-corrected chi connectivity index (χ0v) is 18.3. The lowest BCUT2D eigenvalue weighted by Gasteiger charge is -2.25. The zero-order chi connectivity index (χ0) is 21.5. The Labute approximate surface area is 184 Å². The summed E-state index contributed by atoms with van der Waals surface area (Å²) in [6.07, 6.45) is 8.07. The lowest BCUT2D eigenvalue weighted by Crippen LogP contribution is -2.44. The Balaban J connectivity index is 1.26. The van der Waals surface area contributed by atoms with Crippen LogP contribution in [0.4, 0.5) is 0 Å². The second-order valence-electron chi connectivity index (χ2n) is 7.93. The van der Waals surface area contributed by atoms with E-state index in [1.807, 2.05) is 37.0 Å². The molecule has 1 saturated heterocycles. The standard InChI is InChI=1S/C24H31N7/c1-19-26-12-14-31(19)23-11-10-21(15-27-23)16-28-24(25-2)29-17-22-9-6-13-30(22)18-20-7-4-3-5-8-20/h3-5,7-8,10-12,14-15,22H,6,9,13,16-18H2,1-2H3,(H2,25,28,29). The van der Waals surface area contributed by atoms with E-state index in [2.05, 4.69) is 66.9 Å². The molecule has 0 spiro atoms. The summed E-state index contributed by atoms with van der Waals surface area (Å²) in [5, 5.41) is 6.90. The number of hydrogen-bond acceptors (Lipinski definition) is 4. The summed E-state index contributed by atoms with van der Waals surface area (Å²) in [7, 11) is 1.81. The second-order valence-corrected chi connectivity index (χ2v) is 7.93. The second kappa shape index (κ2) is 10.2. The number of pyridine rings is 1. The average molecular weight is 418 g/mol. The van der Waals surface area contributed by atoms with Crippen molar-refractivity contribution in [3.05, 3.63) is 78.0 Å². The van der Waals surface area contributed by atoms with Crippen LogP contribution in [0, 0.1) is 6.92 Å². The number of nitrogens with one attached hydrogen (secondary N) is 2. The van der Waals surface area contributed by atoms with E-state index in [1.54, 1.807) is 6.20 Å². The first-order valence-corrected chi connectivity index (χ1v) is 10.9. The number of guanidine groups is 1. The molecule has 1 atom stereocenters. The fourth-order valence-electron chi connectivity index (χ4n) is 4.06. The first kappa shape index (κ1) is 21.1. The summed E-state index contributed by atoms with van der Waals surface area (Å²) in [4.78, 5) is 15.8. The van der Waals surface area contributed by atoms with Gasteiger partial charge in [0.25, 0.3) is 0 Å². The van der Waals surface area contributed by atoms with Gasteiger partial charge in [0, 0.05) is 51.3 Å². The van der Waals surface area contributed by atoms with Gasteiger partial charge in [-0.1, -0.05) is 36.4 Å². The number of rotatable bonds is 7. The van der Waals surface area contributed by atoms with Crippen molar-refractivity contribution in [1.29, 1.82) is 0 Å². The predicted molar refractivity (Wildman–Crippen MR) is 124 cm³/mol. The molecule has 2 aromatic heterocycles. The molecule has 0 aliphatic carbocycles. The molecule has 4 rings (SSSR count). The van der Waals surface area contributed by atoms with Gasteiger partial charge >= 0.3 is 0 Å². The van der Waals surface area contributed by atoms with Crippen molar-refractivity contribution in [2.45, 2.75) is 38.9 Å². The number of likely N-dealkylation sites (tertiary alicyclic amines) is 1. The number of nitrogens with zero attached hydrogens (tertiary/aromatic N) is 5. The van der Waals surface area contributed by atoms with Crippen LogP contribution in [-0.2, 0) is 13.1 Å². The van der Waals surface area contributed by atoms with Crippen LogP contribution in [0.1, 0.15) is 29.8 Å². The Morgan fingerprint density at radius 1 is 1.10 bits per heavy atom. The first-order chi connectivity index (χ1) is 15.2. The van der Waals surface area contributed by atoms with E-state index in [-0.39, 0.29) is 0 Å². The van der Waals surface area contributed by atoms with Crippen LogP contribution in [0.3, 0.4) is 0 Å². The normalized spacial score (nSPS) is 17.1. The summed E-state index contributed by atoms with van der Waals surface area (Å²) in [5.74, 6) is 2.62. The van der Waals surface area contributed by atoms with E-state index in [0.29, 0.717) is 12.6 Å². The zero-order valence-electron chi connectivity index (χ0n) is 18.3. The highest BCUT2D eigenvalue weighted by molar-refractivity contribution is 5.79. The highest BCUT2D eigenvalue weighted by Crippen LogP contribution is 2.19. The van der Waals surface area contributed by atoms with Gasteiger partial charge in [0.2, 0.25) is 0 Å². The van der Waals surface area contributed by atoms with E-state index in [1.165, 1.54) is 18.4 Å². The fraction of sp³-hybridized carbons (Fsp3) is 0.375. The molecule has 1 unspecified atom stereocenters. The molecule has 2 N–H and O–H groups in total. The van der Waals surface area contributed by atoms with Gasteiger partial charge in [-0.05, 0) is 43.5 Å². The topological polar surface area (TPSA) is 70.4 Å². The molecule has 0 saturated carbocycles. The van der Waals surface area contributed by atoms with Crippen LogP contribution in [0.2, 0.25) is 0 Å². The van der Waals surface area contributed by atoms with Crippen LogP contribution in [0.25, 0.3) is 5.82 Å². The monoisotopic (exact) mass is 417 g/mol. The molecule has 31 heavy (non-hydrogen) atoms. The molecule has 7 nitrogen and oxygen atoms in total. The summed E-state index contributed by atoms with van der Waals surface area (Å²) >= 11 is 0. The maximum Gasteiger partial charge on any atom is 0.191 e. The van der Waals surface area contributed by atoms with Crippen LogP contribution >= 0.6 is 0 Å². The van der Waals surface area contributed by atoms with Crippen LogP contribution < -0.4 is 10.6 Å². The Hall–Kier alpha value is -3.19. The minimum atomic E-state index is 0.526. The summed E-state index contributed by atoms with van der Waals surface area (Å²) in [6.45, 7) is 5.70. The van der Waals surface area contributed by atoms with Crippen molar-refractivity contribution < 1.29 is 0 Å². The molecule has 1 aliphatic heterocycles. The number of imidazole rings is 1. The van der Waals surface area contributed by atoms with Gasteiger partial charge in [0.1, 0.15) is 11.6 Å². The van der Waals surface area contributed by atoms with Crippen molar-refractivity contribution in [2.24, 2.45) is 4.99 Å². The molecule has 3 aromatic rings. The maximum absolute atomic E-state index is 4.56. The summed E-state index contributed by atoms with van der Waals surface area (Å²) < 4.78 is 1.97. The van der Waals surface area contributed by atoms with E-state index in [9.17, 15) is 0 Å². The predicted octanol–water partition coefficient (Wildman–Crippen LogP) is 2.91. The van der Waals surface area contributed by atoms with E-state index >= 15 is 0 Å². The SMILES string of the molecule is CN=C(NCc1ccc(-n2ccnc2C)nc1)NCC1CCCN1Cc1ccccc1. The van der Waals surface area contributed by atoms with Gasteiger partial charge in [-0.3, -0.25) is 14.5 Å². The number of hydrogen-bond donors (Lipinski definition) is 2. The third kappa shape index (κ3) is 5.49. The highest BCUT2D eigenvalue weighted by Gasteiger charge is 2.24. The summed E-state index contributed by atoms with van der Waals surface area (Å²) in [6, 6.07) is 15.3. The van der Waals surface area contributed by atoms with Crippen molar-refractivity contribution in [3.63, 3.8) is 0 Å².